The van der Waals surface area contributed by atoms with Crippen molar-refractivity contribution in [2.75, 3.05) is 18.4 Å². The van der Waals surface area contributed by atoms with Crippen molar-refractivity contribution in [1.82, 2.24) is 5.32 Å². The van der Waals surface area contributed by atoms with E-state index >= 15 is 0 Å². The molecule has 2 unspecified atom stereocenters. The predicted molar refractivity (Wildman–Crippen MR) is 112 cm³/mol. The molecule has 160 valence electrons. The molecule has 4 nitrogen and oxygen atoms in total. The normalized spacial score (nSPS) is 18.5. The molecule has 3 aromatic carbocycles. The number of ether oxygens (including phenoxy) is 1. The average Bonchev–Trinajstić information content (AvgIpc) is 3.25. The Morgan fingerprint density at radius 1 is 0.903 bits per heavy atom. The van der Waals surface area contributed by atoms with Gasteiger partial charge in [0.2, 0.25) is 5.91 Å². The molecular formula is C24H21F3N2O2. The number of carbonyl (C=O) groups excluding carboxylic acids is 1. The van der Waals surface area contributed by atoms with Crippen molar-refractivity contribution in [3.05, 3.63) is 90.0 Å². The van der Waals surface area contributed by atoms with Crippen LogP contribution in [0.1, 0.15) is 17.0 Å². The second-order valence-electron chi connectivity index (χ2n) is 7.42. The van der Waals surface area contributed by atoms with E-state index in [1.807, 2.05) is 30.3 Å². The lowest BCUT2D eigenvalue weighted by Gasteiger charge is -2.19. The van der Waals surface area contributed by atoms with Crippen LogP contribution < -0.4 is 15.4 Å². The van der Waals surface area contributed by atoms with Crippen LogP contribution in [0, 0.1) is 5.92 Å². The van der Waals surface area contributed by atoms with Gasteiger partial charge in [-0.15, -0.1) is 0 Å². The van der Waals surface area contributed by atoms with Crippen LogP contribution in [0.15, 0.2) is 78.9 Å². The van der Waals surface area contributed by atoms with Crippen molar-refractivity contribution >= 4 is 11.6 Å². The Balaban J connectivity index is 1.43. The fourth-order valence-electron chi connectivity index (χ4n) is 3.73. The molecule has 31 heavy (non-hydrogen) atoms. The monoisotopic (exact) mass is 426 g/mol. The summed E-state index contributed by atoms with van der Waals surface area (Å²) in [7, 11) is 0. The number of hydrogen-bond donors (Lipinski definition) is 2. The largest absolute Gasteiger partial charge is 0.457 e. The Bertz CT molecular complexity index is 1040. The third-order valence-corrected chi connectivity index (χ3v) is 5.30. The molecule has 1 aliphatic rings. The third-order valence-electron chi connectivity index (χ3n) is 5.30. The molecule has 2 atom stereocenters. The molecule has 0 aromatic heterocycles. The predicted octanol–water partition coefficient (Wildman–Crippen LogP) is 5.44. The van der Waals surface area contributed by atoms with Gasteiger partial charge >= 0.3 is 6.18 Å². The number of anilines is 1. The molecule has 3 aromatic rings. The van der Waals surface area contributed by atoms with Crippen molar-refractivity contribution in [3.8, 4) is 11.5 Å². The highest BCUT2D eigenvalue weighted by Crippen LogP contribution is 2.32. The first kappa shape index (κ1) is 20.9. The second-order valence-corrected chi connectivity index (χ2v) is 7.42. The first-order valence-electron chi connectivity index (χ1n) is 9.92. The fraction of sp³-hybridized carbons (Fsp3) is 0.208. The van der Waals surface area contributed by atoms with Crippen LogP contribution >= 0.6 is 0 Å². The maximum atomic E-state index is 12.9. The highest BCUT2D eigenvalue weighted by Gasteiger charge is 2.34. The van der Waals surface area contributed by atoms with Crippen molar-refractivity contribution < 1.29 is 22.7 Å². The zero-order chi connectivity index (χ0) is 21.8. The summed E-state index contributed by atoms with van der Waals surface area (Å²) in [5.41, 5.74) is 0.944. The fourth-order valence-corrected chi connectivity index (χ4v) is 3.73. The molecule has 0 saturated carbocycles. The van der Waals surface area contributed by atoms with Crippen LogP contribution in [0.3, 0.4) is 0 Å². The molecule has 1 saturated heterocycles. The lowest BCUT2D eigenvalue weighted by Crippen LogP contribution is -2.28. The molecule has 1 heterocycles. The average molecular weight is 426 g/mol. The van der Waals surface area contributed by atoms with E-state index in [0.717, 1.165) is 24.2 Å². The summed E-state index contributed by atoms with van der Waals surface area (Å²) in [6, 6.07) is 21.2. The molecule has 1 amide bonds. The Morgan fingerprint density at radius 2 is 1.65 bits per heavy atom. The van der Waals surface area contributed by atoms with Gasteiger partial charge < -0.3 is 15.4 Å². The summed E-state index contributed by atoms with van der Waals surface area (Å²) in [5.74, 6) is 0.488. The molecule has 0 bridgehead atoms. The molecule has 2 N–H and O–H groups in total. The maximum absolute atomic E-state index is 12.9. The summed E-state index contributed by atoms with van der Waals surface area (Å²) in [6.45, 7) is 1.33. The van der Waals surface area contributed by atoms with E-state index in [-0.39, 0.29) is 23.5 Å². The number of halogens is 3. The van der Waals surface area contributed by atoms with Crippen molar-refractivity contribution in [3.63, 3.8) is 0 Å². The number of hydrogen-bond acceptors (Lipinski definition) is 3. The second kappa shape index (κ2) is 8.81. The van der Waals surface area contributed by atoms with Gasteiger partial charge in [0.15, 0.2) is 0 Å². The third kappa shape index (κ3) is 5.06. The van der Waals surface area contributed by atoms with Gasteiger partial charge in [0.05, 0.1) is 11.5 Å². The van der Waals surface area contributed by atoms with Gasteiger partial charge in [0, 0.05) is 30.8 Å². The Kier molecular flexibility index (Phi) is 5.95. The van der Waals surface area contributed by atoms with Crippen LogP contribution in [-0.4, -0.2) is 19.0 Å². The van der Waals surface area contributed by atoms with Gasteiger partial charge in [-0.2, -0.15) is 13.2 Å². The zero-order valence-electron chi connectivity index (χ0n) is 16.5. The minimum atomic E-state index is -4.39. The first-order valence-corrected chi connectivity index (χ1v) is 9.92. The molecule has 7 heteroatoms. The Hall–Kier alpha value is -3.32. The highest BCUT2D eigenvalue weighted by atomic mass is 19.4. The summed E-state index contributed by atoms with van der Waals surface area (Å²) in [4.78, 5) is 12.9. The van der Waals surface area contributed by atoms with E-state index in [1.165, 1.54) is 12.1 Å². The van der Waals surface area contributed by atoms with Crippen molar-refractivity contribution in [2.24, 2.45) is 5.92 Å². The zero-order valence-corrected chi connectivity index (χ0v) is 16.5. The minimum Gasteiger partial charge on any atom is -0.457 e. The van der Waals surface area contributed by atoms with Gasteiger partial charge in [0.25, 0.3) is 0 Å². The maximum Gasteiger partial charge on any atom is 0.416 e. The number of rotatable bonds is 5. The van der Waals surface area contributed by atoms with Crippen molar-refractivity contribution in [2.45, 2.75) is 12.1 Å². The van der Waals surface area contributed by atoms with Crippen LogP contribution in [0.25, 0.3) is 0 Å². The van der Waals surface area contributed by atoms with Crippen molar-refractivity contribution in [1.29, 1.82) is 0 Å². The number of amides is 1. The molecular weight excluding hydrogens is 405 g/mol. The van der Waals surface area contributed by atoms with Gasteiger partial charge in [-0.1, -0.05) is 36.4 Å². The van der Waals surface area contributed by atoms with Crippen LogP contribution in [-0.2, 0) is 11.0 Å². The number of alkyl halides is 3. The van der Waals surface area contributed by atoms with Gasteiger partial charge in [-0.3, -0.25) is 4.79 Å². The quantitative estimate of drug-likeness (QED) is 0.571. The number of nitrogens with one attached hydrogen (secondary N) is 2. The van der Waals surface area contributed by atoms with E-state index < -0.39 is 11.7 Å². The molecule has 0 aliphatic carbocycles. The Labute approximate surface area is 178 Å². The first-order chi connectivity index (χ1) is 14.9. The molecule has 4 rings (SSSR count). The van der Waals surface area contributed by atoms with Crippen LogP contribution in [0.2, 0.25) is 0 Å². The van der Waals surface area contributed by atoms with Gasteiger partial charge in [-0.25, -0.2) is 0 Å². The molecule has 1 fully saturated rings. The summed E-state index contributed by atoms with van der Waals surface area (Å²) < 4.78 is 43.8. The van der Waals surface area contributed by atoms with Crippen LogP contribution in [0.5, 0.6) is 11.5 Å². The SMILES string of the molecule is O=C(Nc1cccc(Oc2ccc(C(F)(F)F)cc2)c1)C1CNCC1c1ccccc1. The molecule has 1 aliphatic heterocycles. The van der Waals surface area contributed by atoms with Gasteiger partial charge in [0.1, 0.15) is 11.5 Å². The van der Waals surface area contributed by atoms with E-state index in [4.69, 9.17) is 4.74 Å². The topological polar surface area (TPSA) is 50.4 Å². The lowest BCUT2D eigenvalue weighted by atomic mass is 9.88. The smallest absolute Gasteiger partial charge is 0.416 e. The summed E-state index contributed by atoms with van der Waals surface area (Å²) in [5, 5.41) is 6.21. The summed E-state index contributed by atoms with van der Waals surface area (Å²) in [6.07, 6.45) is -4.39. The van der Waals surface area contributed by atoms with E-state index in [2.05, 4.69) is 10.6 Å². The summed E-state index contributed by atoms with van der Waals surface area (Å²) >= 11 is 0. The lowest BCUT2D eigenvalue weighted by molar-refractivity contribution is -0.137. The van der Waals surface area contributed by atoms with E-state index in [9.17, 15) is 18.0 Å². The number of carbonyl (C=O) groups is 1. The molecule has 0 radical (unpaired) electrons. The highest BCUT2D eigenvalue weighted by molar-refractivity contribution is 5.93. The molecule has 0 spiro atoms. The minimum absolute atomic E-state index is 0.0905. The standard InChI is InChI=1S/C24H21F3N2O2/c25-24(26,27)17-9-11-19(12-10-17)31-20-8-4-7-18(13-20)29-23(30)22-15-28-14-21(22)16-5-2-1-3-6-16/h1-13,21-22,28H,14-15H2,(H,29,30). The van der Waals surface area contributed by atoms with E-state index in [1.54, 1.807) is 24.3 Å². The van der Waals surface area contributed by atoms with E-state index in [0.29, 0.717) is 18.0 Å². The Morgan fingerprint density at radius 3 is 2.35 bits per heavy atom. The van der Waals surface area contributed by atoms with Crippen LogP contribution in [0.4, 0.5) is 18.9 Å². The van der Waals surface area contributed by atoms with Gasteiger partial charge in [-0.05, 0) is 42.0 Å². The number of benzene rings is 3.